The molecule has 28 heavy (non-hydrogen) atoms. The summed E-state index contributed by atoms with van der Waals surface area (Å²) in [6.07, 6.45) is 4.64. The average molecular weight is 438 g/mol. The van der Waals surface area contributed by atoms with Crippen LogP contribution in [0.5, 0.6) is 5.75 Å². The van der Waals surface area contributed by atoms with Crippen LogP contribution in [0.1, 0.15) is 5.56 Å². The zero-order valence-corrected chi connectivity index (χ0v) is 17.6. The van der Waals surface area contributed by atoms with Gasteiger partial charge in [-0.2, -0.15) is 0 Å². The summed E-state index contributed by atoms with van der Waals surface area (Å²) in [6, 6.07) is 9.96. The Labute approximate surface area is 179 Å². The number of carbonyl (C=O) groups excluding carboxylic acids is 1. The summed E-state index contributed by atoms with van der Waals surface area (Å²) >= 11 is 18.1. The van der Waals surface area contributed by atoms with Crippen LogP contribution in [0.2, 0.25) is 15.1 Å². The molecule has 0 unspecified atom stereocenters. The van der Waals surface area contributed by atoms with Crippen LogP contribution in [-0.2, 0) is 4.79 Å². The van der Waals surface area contributed by atoms with Crippen molar-refractivity contribution in [3.8, 4) is 5.75 Å². The van der Waals surface area contributed by atoms with E-state index in [1.54, 1.807) is 43.5 Å². The highest BCUT2D eigenvalue weighted by molar-refractivity contribution is 6.34. The third-order valence-corrected chi connectivity index (χ3v) is 4.62. The number of hydrogen-bond donors (Lipinski definition) is 1. The van der Waals surface area contributed by atoms with Crippen LogP contribution < -0.4 is 15.4 Å². The second-order valence-corrected chi connectivity index (χ2v) is 7.12. The van der Waals surface area contributed by atoms with Crippen LogP contribution in [0, 0.1) is 6.92 Å². The van der Waals surface area contributed by atoms with Crippen LogP contribution in [0.4, 0.5) is 5.69 Å². The Balaban J connectivity index is 2.44. The number of nitrogens with two attached hydrogens (primary N) is 1. The fraction of sp³-hybridized carbons (Fsp3) is 0.0952. The van der Waals surface area contributed by atoms with Crippen molar-refractivity contribution in [2.24, 2.45) is 5.73 Å². The molecule has 0 fully saturated rings. The number of allylic oxidation sites excluding steroid dienone is 2. The molecule has 4 nitrogen and oxygen atoms in total. The van der Waals surface area contributed by atoms with Crippen molar-refractivity contribution in [3.63, 3.8) is 0 Å². The minimum atomic E-state index is -0.376. The van der Waals surface area contributed by atoms with E-state index < -0.39 is 0 Å². The number of benzene rings is 2. The molecule has 2 aromatic carbocycles. The van der Waals surface area contributed by atoms with Gasteiger partial charge in [0.2, 0.25) is 5.88 Å². The molecular weight excluding hydrogens is 419 g/mol. The zero-order chi connectivity index (χ0) is 20.8. The van der Waals surface area contributed by atoms with Gasteiger partial charge in [-0.25, -0.2) is 0 Å². The molecule has 2 aromatic rings. The van der Waals surface area contributed by atoms with Crippen molar-refractivity contribution in [2.75, 3.05) is 11.9 Å². The second-order valence-electron chi connectivity index (χ2n) is 5.84. The highest BCUT2D eigenvalue weighted by Crippen LogP contribution is 2.30. The molecule has 2 rings (SSSR count). The van der Waals surface area contributed by atoms with Crippen LogP contribution in [-0.4, -0.2) is 13.0 Å². The second kappa shape index (κ2) is 9.69. The van der Waals surface area contributed by atoms with E-state index in [4.69, 9.17) is 45.3 Å². The summed E-state index contributed by atoms with van der Waals surface area (Å²) in [5, 5.41) is 1.33. The summed E-state index contributed by atoms with van der Waals surface area (Å²) in [5.41, 5.74) is 7.75. The molecule has 0 aliphatic heterocycles. The Hall–Kier alpha value is -2.40. The van der Waals surface area contributed by atoms with Gasteiger partial charge in [0, 0.05) is 28.8 Å². The van der Waals surface area contributed by atoms with Gasteiger partial charge in [0.25, 0.3) is 5.91 Å². The fourth-order valence-corrected chi connectivity index (χ4v) is 2.98. The molecule has 1 amide bonds. The number of halogens is 3. The Morgan fingerprint density at radius 1 is 1.14 bits per heavy atom. The predicted octanol–water partition coefficient (Wildman–Crippen LogP) is 5.91. The van der Waals surface area contributed by atoms with E-state index in [1.165, 1.54) is 23.1 Å². The molecular formula is C21H19Cl3N2O2. The maximum absolute atomic E-state index is 13.1. The Kier molecular flexibility index (Phi) is 7.58. The molecule has 0 aromatic heterocycles. The van der Waals surface area contributed by atoms with E-state index >= 15 is 0 Å². The van der Waals surface area contributed by atoms with Crippen molar-refractivity contribution in [2.45, 2.75) is 6.92 Å². The monoisotopic (exact) mass is 436 g/mol. The van der Waals surface area contributed by atoms with Gasteiger partial charge >= 0.3 is 0 Å². The third-order valence-electron chi connectivity index (χ3n) is 3.83. The van der Waals surface area contributed by atoms with Crippen LogP contribution >= 0.6 is 34.8 Å². The number of rotatable bonds is 6. The van der Waals surface area contributed by atoms with Gasteiger partial charge in [-0.15, -0.1) is 0 Å². The summed E-state index contributed by atoms with van der Waals surface area (Å²) in [5.74, 6) is -0.251. The van der Waals surface area contributed by atoms with Crippen molar-refractivity contribution in [3.05, 3.63) is 93.3 Å². The minimum Gasteiger partial charge on any atom is -0.439 e. The van der Waals surface area contributed by atoms with E-state index in [-0.39, 0.29) is 23.1 Å². The van der Waals surface area contributed by atoms with Gasteiger partial charge < -0.3 is 15.4 Å². The number of ether oxygens (including phenoxy) is 1. The van der Waals surface area contributed by atoms with Crippen LogP contribution in [0.3, 0.4) is 0 Å². The number of anilines is 1. The number of nitrogens with zero attached hydrogens (tertiary/aromatic N) is 1. The van der Waals surface area contributed by atoms with E-state index in [0.29, 0.717) is 20.8 Å². The van der Waals surface area contributed by atoms with Gasteiger partial charge in [-0.1, -0.05) is 53.5 Å². The third kappa shape index (κ3) is 5.32. The highest BCUT2D eigenvalue weighted by Gasteiger charge is 2.20. The molecule has 0 atom stereocenters. The van der Waals surface area contributed by atoms with Gasteiger partial charge in [0.05, 0.1) is 10.6 Å². The van der Waals surface area contributed by atoms with E-state index in [0.717, 1.165) is 5.56 Å². The molecule has 0 heterocycles. The lowest BCUT2D eigenvalue weighted by molar-refractivity contribution is -0.114. The number of aryl methyl sites for hydroxylation is 1. The normalized spacial score (nSPS) is 11.9. The Morgan fingerprint density at radius 2 is 1.79 bits per heavy atom. The number of amides is 1. The first-order chi connectivity index (χ1) is 13.2. The predicted molar refractivity (Wildman–Crippen MR) is 117 cm³/mol. The lowest BCUT2D eigenvalue weighted by Gasteiger charge is -2.21. The van der Waals surface area contributed by atoms with E-state index in [2.05, 4.69) is 6.58 Å². The smallest absolute Gasteiger partial charge is 0.263 e. The van der Waals surface area contributed by atoms with Crippen molar-refractivity contribution < 1.29 is 9.53 Å². The van der Waals surface area contributed by atoms with Gasteiger partial charge in [-0.3, -0.25) is 4.79 Å². The number of likely N-dealkylation sites (N-methyl/N-ethyl adjacent to an activating group) is 1. The van der Waals surface area contributed by atoms with Crippen LogP contribution in [0.25, 0.3) is 0 Å². The largest absolute Gasteiger partial charge is 0.439 e. The standard InChI is InChI=1S/C21H19Cl3N2O2/c1-4-5-6-16(20(25)28-19-12-15(23)7-9-17(19)24)21(27)26(3)18-10-8-14(22)11-13(18)2/h4-12H,1,25H2,2-3H3/b6-5-,20-16-. The first kappa shape index (κ1) is 21.9. The summed E-state index contributed by atoms with van der Waals surface area (Å²) in [7, 11) is 1.64. The molecule has 0 aliphatic rings. The molecule has 0 spiro atoms. The molecule has 0 bridgehead atoms. The fourth-order valence-electron chi connectivity index (χ4n) is 2.44. The summed E-state index contributed by atoms with van der Waals surface area (Å²) in [4.78, 5) is 14.6. The molecule has 146 valence electrons. The molecule has 7 heteroatoms. The van der Waals surface area contributed by atoms with E-state index in [9.17, 15) is 4.79 Å². The van der Waals surface area contributed by atoms with Crippen molar-refractivity contribution in [1.82, 2.24) is 0 Å². The lowest BCUT2D eigenvalue weighted by Crippen LogP contribution is -2.30. The number of hydrogen-bond acceptors (Lipinski definition) is 3. The van der Waals surface area contributed by atoms with Crippen LogP contribution in [0.15, 0.2) is 72.7 Å². The number of carbonyl (C=O) groups is 1. The van der Waals surface area contributed by atoms with Gasteiger partial charge in [0.15, 0.2) is 0 Å². The highest BCUT2D eigenvalue weighted by atomic mass is 35.5. The average Bonchev–Trinajstić information content (AvgIpc) is 2.64. The topological polar surface area (TPSA) is 55.6 Å². The molecule has 2 N–H and O–H groups in total. The van der Waals surface area contributed by atoms with Crippen molar-refractivity contribution >= 4 is 46.4 Å². The summed E-state index contributed by atoms with van der Waals surface area (Å²) in [6.45, 7) is 5.48. The summed E-state index contributed by atoms with van der Waals surface area (Å²) < 4.78 is 5.63. The molecule has 0 aliphatic carbocycles. The lowest BCUT2D eigenvalue weighted by atomic mass is 10.1. The minimum absolute atomic E-state index is 0.120. The van der Waals surface area contributed by atoms with E-state index in [1.807, 2.05) is 6.92 Å². The first-order valence-electron chi connectivity index (χ1n) is 8.20. The SMILES string of the molecule is C=C/C=C\C(C(=O)N(C)c1ccc(Cl)cc1C)=C(/N)Oc1cc(Cl)ccc1Cl. The first-order valence-corrected chi connectivity index (χ1v) is 9.34. The van der Waals surface area contributed by atoms with Gasteiger partial charge in [0.1, 0.15) is 5.75 Å². The molecule has 0 radical (unpaired) electrons. The molecule has 0 saturated carbocycles. The maximum Gasteiger partial charge on any atom is 0.263 e. The zero-order valence-electron chi connectivity index (χ0n) is 15.4. The quantitative estimate of drug-likeness (QED) is 0.347. The maximum atomic E-state index is 13.1. The molecule has 0 saturated heterocycles. The Bertz CT molecular complexity index is 968. The Morgan fingerprint density at radius 3 is 2.43 bits per heavy atom. The van der Waals surface area contributed by atoms with Gasteiger partial charge in [-0.05, 0) is 48.9 Å². The van der Waals surface area contributed by atoms with Crippen molar-refractivity contribution in [1.29, 1.82) is 0 Å².